The van der Waals surface area contributed by atoms with Gasteiger partial charge in [-0.25, -0.2) is 9.67 Å². The first-order chi connectivity index (χ1) is 13.2. The fourth-order valence-electron chi connectivity index (χ4n) is 2.67. The van der Waals surface area contributed by atoms with Crippen LogP contribution in [0.3, 0.4) is 0 Å². The van der Waals surface area contributed by atoms with E-state index in [0.29, 0.717) is 28.1 Å². The molecule has 2 aromatic heterocycles. The number of halogens is 4. The number of amides is 1. The lowest BCUT2D eigenvalue weighted by Gasteiger charge is -2.13. The molecule has 0 aliphatic rings. The molecule has 3 aromatic rings. The number of rotatable bonds is 6. The summed E-state index contributed by atoms with van der Waals surface area (Å²) in [5.41, 5.74) is 5.24. The molecule has 7 nitrogen and oxygen atoms in total. The van der Waals surface area contributed by atoms with Crippen LogP contribution in [0.2, 0.25) is 0 Å². The molecular weight excluding hydrogens is 490 g/mol. The molecule has 1 aromatic carbocycles. The molecule has 0 spiro atoms. The Hall–Kier alpha value is -2.41. The van der Waals surface area contributed by atoms with Crippen molar-refractivity contribution >= 4 is 45.2 Å². The second-order valence-electron chi connectivity index (χ2n) is 5.77. The van der Waals surface area contributed by atoms with Crippen molar-refractivity contribution in [3.63, 3.8) is 0 Å². The highest BCUT2D eigenvalue weighted by Crippen LogP contribution is 2.37. The molecule has 11 heteroatoms. The Bertz CT molecular complexity index is 1040. The van der Waals surface area contributed by atoms with Crippen LogP contribution in [0.25, 0.3) is 16.7 Å². The van der Waals surface area contributed by atoms with E-state index in [1.54, 1.807) is 0 Å². The predicted molar refractivity (Wildman–Crippen MR) is 105 cm³/mol. The van der Waals surface area contributed by atoms with Crippen molar-refractivity contribution in [1.82, 2.24) is 14.8 Å². The van der Waals surface area contributed by atoms with Crippen LogP contribution in [0.4, 0.5) is 18.9 Å². The Morgan fingerprint density at radius 1 is 1.36 bits per heavy atom. The molecule has 0 unspecified atom stereocenters. The van der Waals surface area contributed by atoms with Crippen molar-refractivity contribution in [3.05, 3.63) is 45.3 Å². The molecule has 148 valence electrons. The molecular formula is C17H15F3IN5O2. The smallest absolute Gasteiger partial charge is 0.383 e. The first kappa shape index (κ1) is 20.3. The van der Waals surface area contributed by atoms with Gasteiger partial charge in [-0.3, -0.25) is 4.79 Å². The number of aromatic nitrogens is 3. The second kappa shape index (κ2) is 7.91. The number of hydrogen-bond acceptors (Lipinski definition) is 5. The van der Waals surface area contributed by atoms with Gasteiger partial charge >= 0.3 is 6.18 Å². The van der Waals surface area contributed by atoms with E-state index < -0.39 is 17.8 Å². The van der Waals surface area contributed by atoms with Crippen molar-refractivity contribution in [3.8, 4) is 5.69 Å². The van der Waals surface area contributed by atoms with Gasteiger partial charge < -0.3 is 15.8 Å². The molecule has 0 atom stereocenters. The summed E-state index contributed by atoms with van der Waals surface area (Å²) in [7, 11) is 1.52. The summed E-state index contributed by atoms with van der Waals surface area (Å²) in [6.07, 6.45) is -3.23. The first-order valence-electron chi connectivity index (χ1n) is 8.01. The number of carbonyl (C=O) groups is 1. The van der Waals surface area contributed by atoms with E-state index in [1.165, 1.54) is 37.6 Å². The standard InChI is InChI=1S/C17H15F3IN5O2/c1-28-7-6-23-11-8-9(15(22)27)2-3-12(11)26-16-13(10(21)4-5-24-16)14(25-26)17(18,19)20/h2-5,8,23H,6-7H2,1H3,(H2,22,27). The molecule has 0 radical (unpaired) electrons. The summed E-state index contributed by atoms with van der Waals surface area (Å²) in [5, 5.41) is 6.74. The SMILES string of the molecule is COCCNc1cc(C(N)=O)ccc1-n1nc(C(F)(F)F)c2c(I)ccnc21. The predicted octanol–water partition coefficient (Wildman–Crippen LogP) is 3.20. The van der Waals surface area contributed by atoms with Crippen LogP contribution >= 0.6 is 22.6 Å². The average Bonchev–Trinajstić information content (AvgIpc) is 3.03. The summed E-state index contributed by atoms with van der Waals surface area (Å²) < 4.78 is 47.1. The van der Waals surface area contributed by atoms with E-state index in [-0.39, 0.29) is 16.6 Å². The molecule has 0 saturated carbocycles. The zero-order valence-corrected chi connectivity index (χ0v) is 16.7. The number of hydrogen-bond donors (Lipinski definition) is 2. The minimum Gasteiger partial charge on any atom is -0.383 e. The van der Waals surface area contributed by atoms with Crippen molar-refractivity contribution < 1.29 is 22.7 Å². The van der Waals surface area contributed by atoms with Crippen molar-refractivity contribution in [2.24, 2.45) is 5.73 Å². The number of methoxy groups -OCH3 is 1. The molecule has 2 heterocycles. The maximum absolute atomic E-state index is 13.5. The number of benzene rings is 1. The summed E-state index contributed by atoms with van der Waals surface area (Å²) in [6, 6.07) is 5.84. The third-order valence-corrected chi connectivity index (χ3v) is 4.82. The molecule has 0 bridgehead atoms. The van der Waals surface area contributed by atoms with E-state index in [4.69, 9.17) is 10.5 Å². The van der Waals surface area contributed by atoms with Gasteiger partial charge in [0, 0.05) is 29.0 Å². The summed E-state index contributed by atoms with van der Waals surface area (Å²) >= 11 is 1.82. The Morgan fingerprint density at radius 3 is 2.75 bits per heavy atom. The van der Waals surface area contributed by atoms with E-state index in [1.807, 2.05) is 22.6 Å². The van der Waals surface area contributed by atoms with Gasteiger partial charge in [-0.05, 0) is 46.9 Å². The van der Waals surface area contributed by atoms with Crippen LogP contribution in [-0.4, -0.2) is 40.9 Å². The third-order valence-electron chi connectivity index (χ3n) is 3.92. The number of carbonyl (C=O) groups excluding carboxylic acids is 1. The number of primary amides is 1. The number of alkyl halides is 3. The Kier molecular flexibility index (Phi) is 5.74. The molecule has 28 heavy (non-hydrogen) atoms. The third kappa shape index (κ3) is 3.90. The zero-order chi connectivity index (χ0) is 20.5. The first-order valence-corrected chi connectivity index (χ1v) is 9.09. The lowest BCUT2D eigenvalue weighted by atomic mass is 10.1. The van der Waals surface area contributed by atoms with Crippen molar-refractivity contribution in [2.45, 2.75) is 6.18 Å². The maximum Gasteiger partial charge on any atom is 0.435 e. The van der Waals surface area contributed by atoms with Crippen LogP contribution < -0.4 is 11.1 Å². The minimum atomic E-state index is -4.65. The number of nitrogens with two attached hydrogens (primary N) is 1. The number of pyridine rings is 1. The molecule has 0 saturated heterocycles. The van der Waals surface area contributed by atoms with Crippen LogP contribution in [0.1, 0.15) is 16.1 Å². The molecule has 1 amide bonds. The van der Waals surface area contributed by atoms with Gasteiger partial charge in [0.25, 0.3) is 0 Å². The van der Waals surface area contributed by atoms with Crippen LogP contribution in [0, 0.1) is 3.57 Å². The fourth-order valence-corrected chi connectivity index (χ4v) is 3.33. The molecule has 3 N–H and O–H groups in total. The average molecular weight is 505 g/mol. The zero-order valence-electron chi connectivity index (χ0n) is 14.5. The summed E-state index contributed by atoms with van der Waals surface area (Å²) in [4.78, 5) is 15.6. The molecule has 0 aliphatic heterocycles. The highest BCUT2D eigenvalue weighted by atomic mass is 127. The number of fused-ring (bicyclic) bond motifs is 1. The Morgan fingerprint density at radius 2 is 2.11 bits per heavy atom. The van der Waals surface area contributed by atoms with E-state index in [9.17, 15) is 18.0 Å². The second-order valence-corrected chi connectivity index (χ2v) is 6.93. The monoisotopic (exact) mass is 505 g/mol. The van der Waals surface area contributed by atoms with Crippen molar-refractivity contribution in [2.75, 3.05) is 25.6 Å². The van der Waals surface area contributed by atoms with Crippen LogP contribution in [0.5, 0.6) is 0 Å². The normalized spacial score (nSPS) is 11.8. The van der Waals surface area contributed by atoms with Gasteiger partial charge in [0.15, 0.2) is 11.3 Å². The van der Waals surface area contributed by atoms with E-state index in [2.05, 4.69) is 15.4 Å². The van der Waals surface area contributed by atoms with Gasteiger partial charge in [-0.15, -0.1) is 0 Å². The highest BCUT2D eigenvalue weighted by molar-refractivity contribution is 14.1. The topological polar surface area (TPSA) is 95.1 Å². The van der Waals surface area contributed by atoms with Crippen LogP contribution in [0.15, 0.2) is 30.5 Å². The van der Waals surface area contributed by atoms with Crippen LogP contribution in [-0.2, 0) is 10.9 Å². The molecule has 0 fully saturated rings. The lowest BCUT2D eigenvalue weighted by Crippen LogP contribution is -2.15. The fraction of sp³-hybridized carbons (Fsp3) is 0.235. The summed E-state index contributed by atoms with van der Waals surface area (Å²) in [6.45, 7) is 0.714. The maximum atomic E-state index is 13.5. The Labute approximate surface area is 171 Å². The number of nitrogens with one attached hydrogen (secondary N) is 1. The highest BCUT2D eigenvalue weighted by Gasteiger charge is 2.38. The Balaban J connectivity index is 2.24. The lowest BCUT2D eigenvalue weighted by molar-refractivity contribution is -0.140. The number of anilines is 1. The van der Waals surface area contributed by atoms with Gasteiger partial charge in [0.05, 0.1) is 23.4 Å². The number of nitrogens with zero attached hydrogens (tertiary/aromatic N) is 3. The quantitative estimate of drug-likeness (QED) is 0.397. The van der Waals surface area contributed by atoms with E-state index in [0.717, 1.165) is 4.68 Å². The minimum absolute atomic E-state index is 0.0563. The van der Waals surface area contributed by atoms with Gasteiger partial charge in [-0.2, -0.15) is 18.3 Å². The summed E-state index contributed by atoms with van der Waals surface area (Å²) in [5.74, 6) is -0.657. The van der Waals surface area contributed by atoms with Gasteiger partial charge in [-0.1, -0.05) is 0 Å². The van der Waals surface area contributed by atoms with Crippen molar-refractivity contribution in [1.29, 1.82) is 0 Å². The van der Waals surface area contributed by atoms with Gasteiger partial charge in [0.2, 0.25) is 5.91 Å². The molecule has 3 rings (SSSR count). The van der Waals surface area contributed by atoms with Gasteiger partial charge in [0.1, 0.15) is 0 Å². The van der Waals surface area contributed by atoms with E-state index >= 15 is 0 Å². The molecule has 0 aliphatic carbocycles. The number of ether oxygens (including phenoxy) is 1. The largest absolute Gasteiger partial charge is 0.435 e.